The fraction of sp³-hybridized carbons (Fsp3) is 0.400. The van der Waals surface area contributed by atoms with Crippen LogP contribution >= 0.6 is 0 Å². The number of amides is 1. The molecule has 0 radical (unpaired) electrons. The summed E-state index contributed by atoms with van der Waals surface area (Å²) in [5.74, 6) is 2.31. The van der Waals surface area contributed by atoms with Gasteiger partial charge < -0.3 is 24.0 Å². The quantitative estimate of drug-likeness (QED) is 0.179. The molecule has 1 amide bonds. The molecule has 3 aliphatic heterocycles. The number of piperidine rings is 2. The highest BCUT2D eigenvalue weighted by Gasteiger charge is 2.43. The standard InChI is InChI=1S/C35H36F2N4O4/c1-8-25-28(36)12-9-21-13-24(44-18-43-7)14-26(30(21)25)32-31(37)29-19(2)20(3)39-33(27(29)15-38-32)40-16-23-11-10-22(40)17-41(23)34(42)45-35(4,5)6/h1,9,12-15,22-23H,10-11,16-18H2,2-7H3. The van der Waals surface area contributed by atoms with E-state index in [1.165, 1.54) is 13.2 Å². The monoisotopic (exact) mass is 614 g/mol. The SMILES string of the molecule is C#Cc1c(F)ccc2cc(OCOC)cc(-c3ncc4c(N5CC6CCC5CN6C(=O)OC(C)(C)C)nc(C)c(C)c4c3F)c12. The van der Waals surface area contributed by atoms with Crippen LogP contribution in [0.2, 0.25) is 0 Å². The summed E-state index contributed by atoms with van der Waals surface area (Å²) in [5, 5.41) is 1.89. The van der Waals surface area contributed by atoms with Gasteiger partial charge in [0, 0.05) is 59.9 Å². The van der Waals surface area contributed by atoms with Crippen molar-refractivity contribution in [2.75, 3.05) is 31.9 Å². The summed E-state index contributed by atoms with van der Waals surface area (Å²) in [4.78, 5) is 26.5. The molecule has 0 aliphatic carbocycles. The fourth-order valence-electron chi connectivity index (χ4n) is 6.50. The Morgan fingerprint density at radius 3 is 2.53 bits per heavy atom. The Hall–Kier alpha value is -4.49. The number of carbonyl (C=O) groups is 1. The number of piperazine rings is 1. The third-order valence-corrected chi connectivity index (χ3v) is 8.66. The van der Waals surface area contributed by atoms with Crippen molar-refractivity contribution in [1.29, 1.82) is 0 Å². The maximum atomic E-state index is 16.9. The molecule has 3 aliphatic rings. The highest BCUT2D eigenvalue weighted by molar-refractivity contribution is 6.04. The Bertz CT molecular complexity index is 1880. The van der Waals surface area contributed by atoms with Crippen molar-refractivity contribution in [3.05, 3.63) is 58.9 Å². The van der Waals surface area contributed by atoms with Gasteiger partial charge in [-0.05, 0) is 76.6 Å². The first-order valence-electron chi connectivity index (χ1n) is 15.0. The molecule has 3 saturated heterocycles. The minimum absolute atomic E-state index is 0.0113. The van der Waals surface area contributed by atoms with Crippen LogP contribution in [0.15, 0.2) is 30.5 Å². The van der Waals surface area contributed by atoms with Crippen molar-refractivity contribution in [1.82, 2.24) is 14.9 Å². The van der Waals surface area contributed by atoms with E-state index in [9.17, 15) is 9.18 Å². The molecule has 7 rings (SSSR count). The van der Waals surface area contributed by atoms with Crippen LogP contribution in [-0.2, 0) is 9.47 Å². The molecule has 4 aromatic rings. The first kappa shape index (κ1) is 30.5. The topological polar surface area (TPSA) is 77.0 Å². The number of aromatic nitrogens is 2. The number of benzene rings is 2. The van der Waals surface area contributed by atoms with E-state index in [4.69, 9.17) is 25.6 Å². The lowest BCUT2D eigenvalue weighted by Crippen LogP contribution is -2.64. The molecule has 3 fully saturated rings. The Kier molecular flexibility index (Phi) is 7.77. The number of hydrogen-bond donors (Lipinski definition) is 0. The van der Waals surface area contributed by atoms with Crippen molar-refractivity contribution in [3.63, 3.8) is 0 Å². The summed E-state index contributed by atoms with van der Waals surface area (Å²) in [6.07, 6.45) is 8.77. The third kappa shape index (κ3) is 5.39. The zero-order valence-corrected chi connectivity index (χ0v) is 26.3. The van der Waals surface area contributed by atoms with E-state index in [1.54, 1.807) is 24.4 Å². The van der Waals surface area contributed by atoms with Gasteiger partial charge >= 0.3 is 6.09 Å². The van der Waals surface area contributed by atoms with E-state index in [0.29, 0.717) is 63.0 Å². The van der Waals surface area contributed by atoms with Crippen LogP contribution in [0.4, 0.5) is 19.4 Å². The van der Waals surface area contributed by atoms with E-state index in [0.717, 1.165) is 12.8 Å². The van der Waals surface area contributed by atoms with Crippen molar-refractivity contribution in [2.24, 2.45) is 0 Å². The normalized spacial score (nSPS) is 18.0. The number of carbonyl (C=O) groups excluding carboxylic acids is 1. The minimum Gasteiger partial charge on any atom is -0.468 e. The van der Waals surface area contributed by atoms with Gasteiger partial charge in [-0.25, -0.2) is 18.6 Å². The molecule has 45 heavy (non-hydrogen) atoms. The molecule has 5 heterocycles. The van der Waals surface area contributed by atoms with E-state index in [-0.39, 0.29) is 36.2 Å². The average molecular weight is 615 g/mol. The summed E-state index contributed by atoms with van der Waals surface area (Å²) >= 11 is 0. The molecule has 2 bridgehead atoms. The minimum atomic E-state index is -0.590. The Morgan fingerprint density at radius 1 is 1.11 bits per heavy atom. The van der Waals surface area contributed by atoms with Gasteiger partial charge in [-0.1, -0.05) is 12.0 Å². The smallest absolute Gasteiger partial charge is 0.410 e. The lowest BCUT2D eigenvalue weighted by Gasteiger charge is -2.51. The number of methoxy groups -OCH3 is 1. The number of hydrogen-bond acceptors (Lipinski definition) is 7. The number of fused-ring (bicyclic) bond motifs is 5. The van der Waals surface area contributed by atoms with Gasteiger partial charge in [0.1, 0.15) is 28.7 Å². The number of terminal acetylenes is 1. The molecule has 0 N–H and O–H groups in total. The van der Waals surface area contributed by atoms with Crippen LogP contribution < -0.4 is 9.64 Å². The molecule has 234 valence electrons. The molecular weight excluding hydrogens is 578 g/mol. The van der Waals surface area contributed by atoms with E-state index >= 15 is 4.39 Å². The predicted molar refractivity (Wildman–Crippen MR) is 169 cm³/mol. The molecule has 2 atom stereocenters. The first-order chi connectivity index (χ1) is 21.4. The lowest BCUT2D eigenvalue weighted by atomic mass is 9.90. The number of anilines is 1. The molecule has 2 aromatic carbocycles. The number of nitrogens with zero attached hydrogens (tertiary/aromatic N) is 4. The highest BCUT2D eigenvalue weighted by atomic mass is 19.1. The summed E-state index contributed by atoms with van der Waals surface area (Å²) < 4.78 is 48.3. The van der Waals surface area contributed by atoms with Crippen LogP contribution in [0.3, 0.4) is 0 Å². The molecule has 10 heteroatoms. The van der Waals surface area contributed by atoms with E-state index in [2.05, 4.69) is 15.8 Å². The molecule has 2 unspecified atom stereocenters. The van der Waals surface area contributed by atoms with E-state index in [1.807, 2.05) is 39.5 Å². The highest BCUT2D eigenvalue weighted by Crippen LogP contribution is 2.42. The number of halogens is 2. The van der Waals surface area contributed by atoms with Crippen LogP contribution in [0.1, 0.15) is 50.4 Å². The second kappa shape index (κ2) is 11.5. The number of rotatable bonds is 5. The summed E-state index contributed by atoms with van der Waals surface area (Å²) in [6, 6.07) is 6.12. The van der Waals surface area contributed by atoms with Gasteiger partial charge in [-0.3, -0.25) is 4.98 Å². The second-order valence-corrected chi connectivity index (χ2v) is 12.7. The Balaban J connectivity index is 1.48. The summed E-state index contributed by atoms with van der Waals surface area (Å²) in [7, 11) is 1.50. The van der Waals surface area contributed by atoms with Crippen LogP contribution in [0.5, 0.6) is 5.75 Å². The predicted octanol–water partition coefficient (Wildman–Crippen LogP) is 6.90. The van der Waals surface area contributed by atoms with E-state index < -0.39 is 17.2 Å². The average Bonchev–Trinajstić information content (AvgIpc) is 3.00. The van der Waals surface area contributed by atoms with Crippen molar-refractivity contribution >= 4 is 33.5 Å². The number of ether oxygens (including phenoxy) is 3. The maximum absolute atomic E-state index is 16.9. The van der Waals surface area contributed by atoms with Gasteiger partial charge in [-0.15, -0.1) is 6.42 Å². The second-order valence-electron chi connectivity index (χ2n) is 12.7. The van der Waals surface area contributed by atoms with Gasteiger partial charge in [0.2, 0.25) is 0 Å². The number of pyridine rings is 2. The molecule has 8 nitrogen and oxygen atoms in total. The van der Waals surface area contributed by atoms with Crippen LogP contribution in [0, 0.1) is 37.8 Å². The molecule has 2 aromatic heterocycles. The van der Waals surface area contributed by atoms with Gasteiger partial charge in [0.15, 0.2) is 12.6 Å². The first-order valence-corrected chi connectivity index (χ1v) is 15.0. The van der Waals surface area contributed by atoms with Crippen LogP contribution in [-0.4, -0.2) is 65.6 Å². The fourth-order valence-corrected chi connectivity index (χ4v) is 6.50. The van der Waals surface area contributed by atoms with Gasteiger partial charge in [0.25, 0.3) is 0 Å². The zero-order chi connectivity index (χ0) is 32.2. The Labute approximate surface area is 261 Å². The van der Waals surface area contributed by atoms with Crippen molar-refractivity contribution in [3.8, 4) is 29.4 Å². The largest absolute Gasteiger partial charge is 0.468 e. The van der Waals surface area contributed by atoms with Gasteiger partial charge in [0.05, 0.1) is 11.6 Å². The lowest BCUT2D eigenvalue weighted by molar-refractivity contribution is 0.000813. The molecule has 0 saturated carbocycles. The van der Waals surface area contributed by atoms with Crippen molar-refractivity contribution < 1.29 is 27.8 Å². The Morgan fingerprint density at radius 2 is 1.87 bits per heavy atom. The van der Waals surface area contributed by atoms with Gasteiger partial charge in [-0.2, -0.15) is 0 Å². The van der Waals surface area contributed by atoms with Crippen LogP contribution in [0.25, 0.3) is 32.8 Å². The van der Waals surface area contributed by atoms with Crippen molar-refractivity contribution in [2.45, 2.75) is 65.1 Å². The molecular formula is C35H36F2N4O4. The summed E-state index contributed by atoms with van der Waals surface area (Å²) in [6.45, 7) is 10.3. The maximum Gasteiger partial charge on any atom is 0.410 e. The third-order valence-electron chi connectivity index (χ3n) is 8.66. The molecule has 0 spiro atoms. The number of aryl methyl sites for hydroxylation is 2. The summed E-state index contributed by atoms with van der Waals surface area (Å²) in [5.41, 5.74) is 1.11. The zero-order valence-electron chi connectivity index (χ0n) is 26.3.